The summed E-state index contributed by atoms with van der Waals surface area (Å²) in [5.41, 5.74) is 7.33. The minimum Gasteiger partial charge on any atom is -0.325 e. The molecule has 1 nitrogen and oxygen atoms in total. The second kappa shape index (κ2) is 3.00. The van der Waals surface area contributed by atoms with Gasteiger partial charge in [-0.25, -0.2) is 0 Å². The lowest BCUT2D eigenvalue weighted by molar-refractivity contribution is 0.615. The van der Waals surface area contributed by atoms with Crippen LogP contribution in [0.5, 0.6) is 0 Å². The lowest BCUT2D eigenvalue weighted by atomic mass is 10.0. The van der Waals surface area contributed by atoms with Crippen molar-refractivity contribution in [3.63, 3.8) is 0 Å². The monoisotopic (exact) mass is 195 g/mol. The summed E-state index contributed by atoms with van der Waals surface area (Å²) in [6.45, 7) is 2.19. The van der Waals surface area contributed by atoms with E-state index in [4.69, 9.17) is 17.3 Å². The van der Waals surface area contributed by atoms with E-state index >= 15 is 0 Å². The minimum absolute atomic E-state index is 0.0188. The van der Waals surface area contributed by atoms with Gasteiger partial charge in [-0.3, -0.25) is 0 Å². The molecule has 13 heavy (non-hydrogen) atoms. The van der Waals surface area contributed by atoms with Crippen LogP contribution in [0.1, 0.15) is 18.9 Å². The molecule has 2 heteroatoms. The average Bonchev–Trinajstić information content (AvgIpc) is 2.65. The summed E-state index contributed by atoms with van der Waals surface area (Å²) in [4.78, 5) is 0. The van der Waals surface area contributed by atoms with Gasteiger partial charge >= 0.3 is 0 Å². The second-order valence-electron chi connectivity index (χ2n) is 4.11. The molecule has 1 aliphatic rings. The SMILES string of the molecule is CC1CC1(N)Cc1ccccc1Cl. The fourth-order valence-corrected chi connectivity index (χ4v) is 1.96. The first-order chi connectivity index (χ1) is 6.12. The van der Waals surface area contributed by atoms with Crippen LogP contribution in [-0.2, 0) is 6.42 Å². The highest BCUT2D eigenvalue weighted by molar-refractivity contribution is 6.31. The third-order valence-corrected chi connectivity index (χ3v) is 3.35. The van der Waals surface area contributed by atoms with Crippen LogP contribution in [-0.4, -0.2) is 5.54 Å². The molecule has 2 N–H and O–H groups in total. The van der Waals surface area contributed by atoms with Gasteiger partial charge in [-0.2, -0.15) is 0 Å². The van der Waals surface area contributed by atoms with E-state index in [1.807, 2.05) is 18.2 Å². The number of nitrogens with two attached hydrogens (primary N) is 1. The zero-order valence-electron chi connectivity index (χ0n) is 7.76. The van der Waals surface area contributed by atoms with Gasteiger partial charge in [0.25, 0.3) is 0 Å². The normalized spacial score (nSPS) is 31.8. The molecule has 0 bridgehead atoms. The highest BCUT2D eigenvalue weighted by Crippen LogP contribution is 2.43. The molecule has 2 rings (SSSR count). The molecule has 0 heterocycles. The lowest BCUT2D eigenvalue weighted by Gasteiger charge is -2.11. The van der Waals surface area contributed by atoms with Gasteiger partial charge in [0.2, 0.25) is 0 Å². The van der Waals surface area contributed by atoms with Crippen LogP contribution in [0.2, 0.25) is 5.02 Å². The second-order valence-corrected chi connectivity index (χ2v) is 4.51. The Hall–Kier alpha value is -0.530. The van der Waals surface area contributed by atoms with Gasteiger partial charge in [0.15, 0.2) is 0 Å². The number of rotatable bonds is 2. The van der Waals surface area contributed by atoms with Gasteiger partial charge in [-0.05, 0) is 30.4 Å². The maximum absolute atomic E-state index is 6.13. The summed E-state index contributed by atoms with van der Waals surface area (Å²) in [7, 11) is 0. The highest BCUT2D eigenvalue weighted by atomic mass is 35.5. The number of hydrogen-bond donors (Lipinski definition) is 1. The van der Waals surface area contributed by atoms with Crippen molar-refractivity contribution in [2.75, 3.05) is 0 Å². The number of hydrogen-bond acceptors (Lipinski definition) is 1. The predicted molar refractivity (Wildman–Crippen MR) is 55.9 cm³/mol. The molecule has 0 aromatic heterocycles. The smallest absolute Gasteiger partial charge is 0.0438 e. The largest absolute Gasteiger partial charge is 0.325 e. The molecule has 0 saturated heterocycles. The summed E-state index contributed by atoms with van der Waals surface area (Å²) in [6.07, 6.45) is 2.03. The van der Waals surface area contributed by atoms with E-state index in [0.29, 0.717) is 5.92 Å². The van der Waals surface area contributed by atoms with Gasteiger partial charge in [0.05, 0.1) is 0 Å². The third kappa shape index (κ3) is 1.72. The Labute approximate surface area is 83.9 Å². The Morgan fingerprint density at radius 2 is 2.15 bits per heavy atom. The standard InChI is InChI=1S/C11H14ClN/c1-8-6-11(8,13)7-9-4-2-3-5-10(9)12/h2-5,8H,6-7,13H2,1H3. The van der Waals surface area contributed by atoms with Crippen molar-refractivity contribution in [3.05, 3.63) is 34.9 Å². The molecule has 1 aliphatic carbocycles. The first kappa shape index (κ1) is 9.04. The molecule has 0 aliphatic heterocycles. The van der Waals surface area contributed by atoms with Crippen LogP contribution in [0.15, 0.2) is 24.3 Å². The Morgan fingerprint density at radius 1 is 1.54 bits per heavy atom. The van der Waals surface area contributed by atoms with Gasteiger partial charge in [0.1, 0.15) is 0 Å². The number of halogens is 1. The molecule has 70 valence electrons. The molecule has 1 saturated carbocycles. The molecule has 1 aromatic carbocycles. The van der Waals surface area contributed by atoms with Crippen molar-refractivity contribution in [1.82, 2.24) is 0 Å². The van der Waals surface area contributed by atoms with Gasteiger partial charge in [-0.1, -0.05) is 36.7 Å². The van der Waals surface area contributed by atoms with Crippen molar-refractivity contribution >= 4 is 11.6 Å². The molecule has 0 radical (unpaired) electrons. The summed E-state index contributed by atoms with van der Waals surface area (Å²) >= 11 is 6.05. The Bertz CT molecular complexity index is 324. The first-order valence-electron chi connectivity index (χ1n) is 4.64. The quantitative estimate of drug-likeness (QED) is 0.772. The summed E-state index contributed by atoms with van der Waals surface area (Å²) in [5.74, 6) is 0.642. The molecule has 2 atom stereocenters. The van der Waals surface area contributed by atoms with Crippen molar-refractivity contribution in [3.8, 4) is 0 Å². The van der Waals surface area contributed by atoms with Crippen LogP contribution in [0.3, 0.4) is 0 Å². The van der Waals surface area contributed by atoms with Gasteiger partial charge < -0.3 is 5.73 Å². The van der Waals surface area contributed by atoms with Crippen LogP contribution in [0, 0.1) is 5.92 Å². The molecular formula is C11H14ClN. The van der Waals surface area contributed by atoms with E-state index < -0.39 is 0 Å². The van der Waals surface area contributed by atoms with Gasteiger partial charge in [-0.15, -0.1) is 0 Å². The van der Waals surface area contributed by atoms with Crippen LogP contribution in [0.25, 0.3) is 0 Å². The van der Waals surface area contributed by atoms with E-state index in [1.54, 1.807) is 0 Å². The number of benzene rings is 1. The van der Waals surface area contributed by atoms with E-state index in [-0.39, 0.29) is 5.54 Å². The van der Waals surface area contributed by atoms with E-state index in [2.05, 4.69) is 13.0 Å². The molecule has 1 aromatic rings. The Morgan fingerprint density at radius 3 is 2.69 bits per heavy atom. The van der Waals surface area contributed by atoms with E-state index in [0.717, 1.165) is 17.9 Å². The maximum Gasteiger partial charge on any atom is 0.0438 e. The van der Waals surface area contributed by atoms with Crippen molar-refractivity contribution in [1.29, 1.82) is 0 Å². The maximum atomic E-state index is 6.13. The van der Waals surface area contributed by atoms with Crippen LogP contribution in [0.4, 0.5) is 0 Å². The molecule has 0 amide bonds. The average molecular weight is 196 g/mol. The molecular weight excluding hydrogens is 182 g/mol. The van der Waals surface area contributed by atoms with Crippen LogP contribution < -0.4 is 5.73 Å². The van der Waals surface area contributed by atoms with Crippen molar-refractivity contribution in [2.24, 2.45) is 11.7 Å². The molecule has 0 spiro atoms. The fraction of sp³-hybridized carbons (Fsp3) is 0.455. The Balaban J connectivity index is 2.15. The fourth-order valence-electron chi connectivity index (χ4n) is 1.75. The zero-order chi connectivity index (χ0) is 9.47. The predicted octanol–water partition coefficient (Wildman–Crippen LogP) is 2.62. The summed E-state index contributed by atoms with van der Waals surface area (Å²) < 4.78 is 0. The summed E-state index contributed by atoms with van der Waals surface area (Å²) in [5, 5.41) is 0.839. The van der Waals surface area contributed by atoms with Crippen molar-refractivity contribution < 1.29 is 0 Å². The van der Waals surface area contributed by atoms with Crippen molar-refractivity contribution in [2.45, 2.75) is 25.3 Å². The zero-order valence-corrected chi connectivity index (χ0v) is 8.51. The van der Waals surface area contributed by atoms with E-state index in [1.165, 1.54) is 5.56 Å². The third-order valence-electron chi connectivity index (χ3n) is 2.98. The lowest BCUT2D eigenvalue weighted by Crippen LogP contribution is -2.27. The summed E-state index contributed by atoms with van der Waals surface area (Å²) in [6, 6.07) is 7.94. The molecule has 2 unspecified atom stereocenters. The topological polar surface area (TPSA) is 26.0 Å². The molecule has 1 fully saturated rings. The first-order valence-corrected chi connectivity index (χ1v) is 5.02. The minimum atomic E-state index is 0.0188. The highest BCUT2D eigenvalue weighted by Gasteiger charge is 2.47. The van der Waals surface area contributed by atoms with Crippen LogP contribution >= 0.6 is 11.6 Å². The Kier molecular flexibility index (Phi) is 2.09. The van der Waals surface area contributed by atoms with E-state index in [9.17, 15) is 0 Å². The van der Waals surface area contributed by atoms with Gasteiger partial charge in [0, 0.05) is 10.6 Å².